The van der Waals surface area contributed by atoms with Crippen LogP contribution in [0.5, 0.6) is 5.75 Å². The molecule has 4 rings (SSSR count). The SMILES string of the molecule is COC1=CC=CC(c2cc3cc(O)ccc3[nH]2)(S(=O)(=O)c2ccccc2)C1. The lowest BCUT2D eigenvalue weighted by molar-refractivity contribution is 0.267. The van der Waals surface area contributed by atoms with Crippen LogP contribution in [0.3, 0.4) is 0 Å². The Morgan fingerprint density at radius 3 is 2.63 bits per heavy atom. The zero-order valence-corrected chi connectivity index (χ0v) is 15.5. The first-order chi connectivity index (χ1) is 13.0. The van der Waals surface area contributed by atoms with E-state index in [1.165, 1.54) is 7.11 Å². The smallest absolute Gasteiger partial charge is 0.193 e. The number of methoxy groups -OCH3 is 1. The molecule has 5 nitrogen and oxygen atoms in total. The van der Waals surface area contributed by atoms with Crippen molar-refractivity contribution >= 4 is 20.7 Å². The highest BCUT2D eigenvalue weighted by Gasteiger charge is 2.47. The van der Waals surface area contributed by atoms with Crippen molar-refractivity contribution in [2.75, 3.05) is 7.11 Å². The van der Waals surface area contributed by atoms with Gasteiger partial charge in [-0.15, -0.1) is 0 Å². The molecule has 0 spiro atoms. The first-order valence-electron chi connectivity index (χ1n) is 8.50. The predicted octanol–water partition coefficient (Wildman–Crippen LogP) is 4.03. The minimum atomic E-state index is -3.78. The molecule has 0 saturated heterocycles. The summed E-state index contributed by atoms with van der Waals surface area (Å²) in [4.78, 5) is 3.47. The fourth-order valence-corrected chi connectivity index (χ4v) is 5.43. The maximum absolute atomic E-state index is 13.7. The number of H-pyrrole nitrogens is 1. The van der Waals surface area contributed by atoms with Gasteiger partial charge in [-0.25, -0.2) is 8.42 Å². The van der Waals surface area contributed by atoms with Gasteiger partial charge >= 0.3 is 0 Å². The van der Waals surface area contributed by atoms with Gasteiger partial charge < -0.3 is 14.8 Å². The Bertz CT molecular complexity index is 1160. The van der Waals surface area contributed by atoms with Gasteiger partial charge in [-0.05, 0) is 42.5 Å². The number of benzene rings is 2. The van der Waals surface area contributed by atoms with Crippen LogP contribution in [0.25, 0.3) is 10.9 Å². The van der Waals surface area contributed by atoms with E-state index in [0.29, 0.717) is 11.5 Å². The fourth-order valence-electron chi connectivity index (χ4n) is 3.50. The fraction of sp³-hybridized carbons (Fsp3) is 0.143. The molecular weight excluding hydrogens is 362 g/mol. The Kier molecular flexibility index (Phi) is 4.08. The molecule has 0 bridgehead atoms. The van der Waals surface area contributed by atoms with Crippen LogP contribution in [0.2, 0.25) is 0 Å². The van der Waals surface area contributed by atoms with Gasteiger partial charge in [0.2, 0.25) is 0 Å². The van der Waals surface area contributed by atoms with Crippen molar-refractivity contribution in [1.29, 1.82) is 0 Å². The van der Waals surface area contributed by atoms with E-state index in [2.05, 4.69) is 4.98 Å². The van der Waals surface area contributed by atoms with Gasteiger partial charge in [0, 0.05) is 23.0 Å². The lowest BCUT2D eigenvalue weighted by atomic mass is 9.94. The average Bonchev–Trinajstić information content (AvgIpc) is 3.12. The Hall–Kier alpha value is -2.99. The molecular formula is C21H19NO4S. The number of rotatable bonds is 4. The first-order valence-corrected chi connectivity index (χ1v) is 9.99. The number of allylic oxidation sites excluding steroid dienone is 3. The molecule has 1 unspecified atom stereocenters. The average molecular weight is 381 g/mol. The number of nitrogens with one attached hydrogen (secondary N) is 1. The third-order valence-electron chi connectivity index (χ3n) is 4.94. The van der Waals surface area contributed by atoms with Crippen LogP contribution in [0.15, 0.2) is 83.5 Å². The van der Waals surface area contributed by atoms with Gasteiger partial charge in [0.15, 0.2) is 9.84 Å². The van der Waals surface area contributed by atoms with Crippen LogP contribution < -0.4 is 0 Å². The number of aromatic amines is 1. The zero-order valence-electron chi connectivity index (χ0n) is 14.7. The molecule has 1 atom stereocenters. The van der Waals surface area contributed by atoms with Crippen molar-refractivity contribution < 1.29 is 18.3 Å². The third-order valence-corrected chi connectivity index (χ3v) is 7.29. The second-order valence-electron chi connectivity index (χ2n) is 6.53. The topological polar surface area (TPSA) is 79.4 Å². The van der Waals surface area contributed by atoms with E-state index in [-0.39, 0.29) is 17.1 Å². The number of sulfone groups is 1. The molecule has 1 aliphatic carbocycles. The monoisotopic (exact) mass is 381 g/mol. The molecule has 2 N–H and O–H groups in total. The third kappa shape index (κ3) is 2.73. The van der Waals surface area contributed by atoms with Crippen molar-refractivity contribution in [3.63, 3.8) is 0 Å². The molecule has 0 fully saturated rings. The highest BCUT2D eigenvalue weighted by molar-refractivity contribution is 7.92. The number of fused-ring (bicyclic) bond motifs is 1. The van der Waals surface area contributed by atoms with E-state index in [1.54, 1.807) is 72.8 Å². The Morgan fingerprint density at radius 1 is 1.11 bits per heavy atom. The van der Waals surface area contributed by atoms with Crippen molar-refractivity contribution in [3.8, 4) is 5.75 Å². The zero-order chi connectivity index (χ0) is 19.1. The van der Waals surface area contributed by atoms with Crippen LogP contribution in [0, 0.1) is 0 Å². The normalized spacial score (nSPS) is 19.8. The molecule has 1 aliphatic rings. The number of aromatic nitrogens is 1. The summed E-state index contributed by atoms with van der Waals surface area (Å²) in [5, 5.41) is 10.5. The summed E-state index contributed by atoms with van der Waals surface area (Å²) in [5.41, 5.74) is 1.29. The largest absolute Gasteiger partial charge is 0.508 e. The molecule has 0 amide bonds. The van der Waals surface area contributed by atoms with Crippen molar-refractivity contribution in [2.24, 2.45) is 0 Å². The van der Waals surface area contributed by atoms with E-state index >= 15 is 0 Å². The minimum Gasteiger partial charge on any atom is -0.508 e. The van der Waals surface area contributed by atoms with E-state index in [1.807, 2.05) is 0 Å². The van der Waals surface area contributed by atoms with Crippen LogP contribution >= 0.6 is 0 Å². The quantitative estimate of drug-likeness (QED) is 0.715. The number of phenols is 1. The molecule has 1 heterocycles. The summed E-state index contributed by atoms with van der Waals surface area (Å²) >= 11 is 0. The predicted molar refractivity (Wildman–Crippen MR) is 104 cm³/mol. The molecule has 0 radical (unpaired) electrons. The molecule has 1 aromatic heterocycles. The number of aromatic hydroxyl groups is 1. The number of ether oxygens (including phenoxy) is 1. The van der Waals surface area contributed by atoms with Crippen LogP contribution in [-0.4, -0.2) is 25.6 Å². The molecule has 2 aromatic carbocycles. The van der Waals surface area contributed by atoms with Gasteiger partial charge in [-0.2, -0.15) is 0 Å². The van der Waals surface area contributed by atoms with Gasteiger partial charge in [0.05, 0.1) is 17.8 Å². The summed E-state index contributed by atoms with van der Waals surface area (Å²) in [6, 6.07) is 15.1. The van der Waals surface area contributed by atoms with Gasteiger partial charge in [0.1, 0.15) is 10.5 Å². The van der Waals surface area contributed by atoms with E-state index < -0.39 is 14.6 Å². The Balaban J connectivity index is 1.97. The Labute approximate surface area is 157 Å². The van der Waals surface area contributed by atoms with E-state index in [0.717, 1.165) is 10.9 Å². The Morgan fingerprint density at radius 2 is 1.89 bits per heavy atom. The van der Waals surface area contributed by atoms with Crippen molar-refractivity contribution in [1.82, 2.24) is 4.98 Å². The van der Waals surface area contributed by atoms with Gasteiger partial charge in [-0.1, -0.05) is 30.4 Å². The molecule has 0 aliphatic heterocycles. The number of phenolic OH excluding ortho intramolecular Hbond substituents is 1. The van der Waals surface area contributed by atoms with Crippen molar-refractivity contribution in [2.45, 2.75) is 16.1 Å². The van der Waals surface area contributed by atoms with Crippen LogP contribution in [0.4, 0.5) is 0 Å². The summed E-state index contributed by atoms with van der Waals surface area (Å²) in [7, 11) is -2.24. The highest BCUT2D eigenvalue weighted by atomic mass is 32.2. The highest BCUT2D eigenvalue weighted by Crippen LogP contribution is 2.44. The maximum atomic E-state index is 13.7. The van der Waals surface area contributed by atoms with Crippen LogP contribution in [0.1, 0.15) is 12.1 Å². The molecule has 6 heteroatoms. The van der Waals surface area contributed by atoms with E-state index in [9.17, 15) is 13.5 Å². The maximum Gasteiger partial charge on any atom is 0.193 e. The van der Waals surface area contributed by atoms with Gasteiger partial charge in [0.25, 0.3) is 0 Å². The molecule has 138 valence electrons. The van der Waals surface area contributed by atoms with Gasteiger partial charge in [-0.3, -0.25) is 0 Å². The summed E-state index contributed by atoms with van der Waals surface area (Å²) in [6.45, 7) is 0. The first kappa shape index (κ1) is 17.4. The van der Waals surface area contributed by atoms with Crippen LogP contribution in [-0.2, 0) is 19.3 Å². The molecule has 0 saturated carbocycles. The van der Waals surface area contributed by atoms with E-state index in [4.69, 9.17) is 4.74 Å². The van der Waals surface area contributed by atoms with Crippen molar-refractivity contribution in [3.05, 3.63) is 84.3 Å². The number of hydrogen-bond acceptors (Lipinski definition) is 4. The lowest BCUT2D eigenvalue weighted by Gasteiger charge is -2.32. The summed E-state index contributed by atoms with van der Waals surface area (Å²) in [6.07, 6.45) is 5.36. The summed E-state index contributed by atoms with van der Waals surface area (Å²) in [5.74, 6) is 0.711. The second kappa shape index (κ2) is 6.32. The second-order valence-corrected chi connectivity index (χ2v) is 8.74. The minimum absolute atomic E-state index is 0.129. The standard InChI is InChI=1S/C21H19NO4S/c1-26-17-6-5-11-21(14-17,27(24,25)18-7-3-2-4-8-18)20-13-15-12-16(23)9-10-19(15)22-20/h2-13,22-23H,14H2,1H3. The molecule has 27 heavy (non-hydrogen) atoms. The number of hydrogen-bond donors (Lipinski definition) is 2. The summed E-state index contributed by atoms with van der Waals surface area (Å²) < 4.78 is 31.5. The molecule has 3 aromatic rings. The lowest BCUT2D eigenvalue weighted by Crippen LogP contribution is -2.36.